The molecule has 10 heteroatoms. The minimum atomic E-state index is -1.77. The van der Waals surface area contributed by atoms with Crippen LogP contribution in [0.3, 0.4) is 0 Å². The summed E-state index contributed by atoms with van der Waals surface area (Å²) >= 11 is 0. The molecular weight excluding hydrogens is 470 g/mol. The lowest BCUT2D eigenvalue weighted by atomic mass is 10.1. The highest BCUT2D eigenvalue weighted by atomic mass is 32.2. The van der Waals surface area contributed by atoms with Gasteiger partial charge in [-0.15, -0.1) is 0 Å². The average Bonchev–Trinajstić information content (AvgIpc) is 3.51. The first-order valence-electron chi connectivity index (χ1n) is 11.6. The summed E-state index contributed by atoms with van der Waals surface area (Å²) in [5, 5.41) is 5.68. The summed E-state index contributed by atoms with van der Waals surface area (Å²) in [5.41, 5.74) is 1.01. The Hall–Kier alpha value is -3.40. The highest BCUT2D eigenvalue weighted by molar-refractivity contribution is 7.86. The molecule has 0 saturated heterocycles. The summed E-state index contributed by atoms with van der Waals surface area (Å²) in [4.78, 5) is 39.9. The van der Waals surface area contributed by atoms with Crippen LogP contribution in [0.4, 0.5) is 11.4 Å². The van der Waals surface area contributed by atoms with E-state index in [1.165, 1.54) is 4.90 Å². The molecule has 0 bridgehead atoms. The van der Waals surface area contributed by atoms with Crippen LogP contribution in [-0.2, 0) is 25.2 Å². The van der Waals surface area contributed by atoms with Crippen LogP contribution in [0, 0.1) is 0 Å². The Labute approximate surface area is 206 Å². The second-order valence-electron chi connectivity index (χ2n) is 8.61. The van der Waals surface area contributed by atoms with Crippen molar-refractivity contribution in [2.24, 2.45) is 0 Å². The van der Waals surface area contributed by atoms with Crippen molar-refractivity contribution < 1.29 is 28.1 Å². The Morgan fingerprint density at radius 2 is 1.74 bits per heavy atom. The molecule has 35 heavy (non-hydrogen) atoms. The van der Waals surface area contributed by atoms with Gasteiger partial charge in [0.1, 0.15) is 17.5 Å². The smallest absolute Gasteiger partial charge is 0.243 e. The van der Waals surface area contributed by atoms with Gasteiger partial charge < -0.3 is 20.1 Å². The zero-order valence-electron chi connectivity index (χ0n) is 19.5. The Bertz CT molecular complexity index is 1100. The predicted molar refractivity (Wildman–Crippen MR) is 133 cm³/mol. The summed E-state index contributed by atoms with van der Waals surface area (Å²) in [6.45, 7) is 1.78. The minimum Gasteiger partial charge on any atom is -0.454 e. The largest absolute Gasteiger partial charge is 0.454 e. The number of nitrogens with one attached hydrogen (secondary N) is 2. The fraction of sp³-hybridized carbons (Fsp3) is 0.400. The molecule has 3 amide bonds. The number of fused-ring (bicyclic) bond motifs is 1. The molecule has 4 rings (SSSR count). The van der Waals surface area contributed by atoms with Crippen LogP contribution in [0.25, 0.3) is 0 Å². The zero-order chi connectivity index (χ0) is 24.8. The quantitative estimate of drug-likeness (QED) is 0.548. The van der Waals surface area contributed by atoms with Gasteiger partial charge in [-0.3, -0.25) is 23.5 Å². The Balaban J connectivity index is 1.37. The van der Waals surface area contributed by atoms with Crippen LogP contribution in [-0.4, -0.2) is 52.3 Å². The topological polar surface area (TPSA) is 114 Å². The van der Waals surface area contributed by atoms with E-state index in [0.29, 0.717) is 22.9 Å². The standard InChI is InChI=1S/C25H29N3O6S/c1-17(25(31)27-18-7-5-6-8-18)28(20-9-3-2-4-10-20)24(30)15-35(32)14-23(29)26-19-11-12-21-22(13-19)34-16-33-21/h2-4,9-13,17-18H,5-8,14-16H2,1H3,(H,26,29)(H,27,31). The van der Waals surface area contributed by atoms with E-state index in [-0.39, 0.29) is 30.2 Å². The van der Waals surface area contributed by atoms with Crippen molar-refractivity contribution in [1.29, 1.82) is 0 Å². The molecule has 0 radical (unpaired) electrons. The molecule has 9 nitrogen and oxygen atoms in total. The van der Waals surface area contributed by atoms with Gasteiger partial charge in [-0.05, 0) is 44.0 Å². The molecule has 1 heterocycles. The fourth-order valence-electron chi connectivity index (χ4n) is 4.26. The minimum absolute atomic E-state index is 0.117. The number of benzene rings is 2. The molecule has 186 valence electrons. The first-order chi connectivity index (χ1) is 16.9. The fourth-order valence-corrected chi connectivity index (χ4v) is 5.14. The lowest BCUT2D eigenvalue weighted by molar-refractivity contribution is -0.125. The predicted octanol–water partition coefficient (Wildman–Crippen LogP) is 2.58. The van der Waals surface area contributed by atoms with E-state index in [1.807, 2.05) is 6.07 Å². The molecule has 0 spiro atoms. The first-order valence-corrected chi connectivity index (χ1v) is 13.1. The van der Waals surface area contributed by atoms with E-state index in [9.17, 15) is 18.6 Å². The monoisotopic (exact) mass is 499 g/mol. The van der Waals surface area contributed by atoms with Crippen molar-refractivity contribution in [2.45, 2.75) is 44.7 Å². The highest BCUT2D eigenvalue weighted by Gasteiger charge is 2.30. The number of carbonyl (C=O) groups is 3. The number of anilines is 2. The second kappa shape index (κ2) is 11.4. The molecule has 1 aliphatic carbocycles. The number of hydrogen-bond acceptors (Lipinski definition) is 6. The average molecular weight is 500 g/mol. The molecule has 2 atom stereocenters. The number of hydrogen-bond donors (Lipinski definition) is 2. The van der Waals surface area contributed by atoms with E-state index < -0.39 is 28.7 Å². The van der Waals surface area contributed by atoms with E-state index >= 15 is 0 Å². The molecular formula is C25H29N3O6S. The highest BCUT2D eigenvalue weighted by Crippen LogP contribution is 2.34. The van der Waals surface area contributed by atoms with E-state index in [1.54, 1.807) is 49.4 Å². The summed E-state index contributed by atoms with van der Waals surface area (Å²) in [6, 6.07) is 13.1. The van der Waals surface area contributed by atoms with Crippen LogP contribution in [0.15, 0.2) is 48.5 Å². The molecule has 2 aromatic rings. The third-order valence-corrected chi connectivity index (χ3v) is 7.16. The van der Waals surface area contributed by atoms with Crippen molar-refractivity contribution in [2.75, 3.05) is 28.5 Å². The Morgan fingerprint density at radius 3 is 2.49 bits per heavy atom. The number of nitrogens with zero attached hydrogens (tertiary/aromatic N) is 1. The maximum absolute atomic E-state index is 13.2. The van der Waals surface area contributed by atoms with Gasteiger partial charge in [0.15, 0.2) is 11.5 Å². The molecule has 2 unspecified atom stereocenters. The van der Waals surface area contributed by atoms with Gasteiger partial charge in [-0.1, -0.05) is 31.0 Å². The maximum Gasteiger partial charge on any atom is 0.243 e. The van der Waals surface area contributed by atoms with Crippen molar-refractivity contribution in [3.8, 4) is 11.5 Å². The SMILES string of the molecule is CC(C(=O)NC1CCCC1)N(C(=O)CS(=O)CC(=O)Nc1ccc2c(c1)OCO2)c1ccccc1. The van der Waals surface area contributed by atoms with Crippen LogP contribution in [0.2, 0.25) is 0 Å². The molecule has 2 N–H and O–H groups in total. The maximum atomic E-state index is 13.2. The number of carbonyl (C=O) groups excluding carboxylic acids is 3. The van der Waals surface area contributed by atoms with E-state index in [2.05, 4.69) is 10.6 Å². The summed E-state index contributed by atoms with van der Waals surface area (Å²) in [6.07, 6.45) is 4.02. The van der Waals surface area contributed by atoms with Crippen molar-refractivity contribution in [3.05, 3.63) is 48.5 Å². The number of rotatable bonds is 9. The molecule has 2 aromatic carbocycles. The number of para-hydroxylation sites is 1. The lowest BCUT2D eigenvalue weighted by Crippen LogP contribution is -2.51. The van der Waals surface area contributed by atoms with Gasteiger partial charge in [0.2, 0.25) is 24.5 Å². The molecule has 1 saturated carbocycles. The Morgan fingerprint density at radius 1 is 1.03 bits per heavy atom. The summed E-state index contributed by atoms with van der Waals surface area (Å²) in [5.74, 6) is -0.865. The van der Waals surface area contributed by atoms with Gasteiger partial charge >= 0.3 is 0 Å². The van der Waals surface area contributed by atoms with Gasteiger partial charge in [-0.25, -0.2) is 0 Å². The Kier molecular flexibility index (Phi) is 8.02. The van der Waals surface area contributed by atoms with Crippen molar-refractivity contribution in [3.63, 3.8) is 0 Å². The molecule has 1 fully saturated rings. The van der Waals surface area contributed by atoms with Crippen molar-refractivity contribution >= 4 is 39.9 Å². The van der Waals surface area contributed by atoms with Gasteiger partial charge in [-0.2, -0.15) is 0 Å². The van der Waals surface area contributed by atoms with E-state index in [0.717, 1.165) is 25.7 Å². The van der Waals surface area contributed by atoms with Gasteiger partial charge in [0.05, 0.1) is 0 Å². The second-order valence-corrected chi connectivity index (χ2v) is 10.1. The molecule has 1 aliphatic heterocycles. The normalized spacial score (nSPS) is 16.4. The first kappa shape index (κ1) is 24.7. The third-order valence-electron chi connectivity index (χ3n) is 6.00. The van der Waals surface area contributed by atoms with Gasteiger partial charge in [0, 0.05) is 34.3 Å². The van der Waals surface area contributed by atoms with Crippen LogP contribution >= 0.6 is 0 Å². The molecule has 2 aliphatic rings. The van der Waals surface area contributed by atoms with Crippen LogP contribution in [0.1, 0.15) is 32.6 Å². The van der Waals surface area contributed by atoms with Crippen LogP contribution in [0.5, 0.6) is 11.5 Å². The third kappa shape index (κ3) is 6.39. The van der Waals surface area contributed by atoms with Crippen LogP contribution < -0.4 is 25.0 Å². The number of ether oxygens (including phenoxy) is 2. The van der Waals surface area contributed by atoms with Crippen molar-refractivity contribution in [1.82, 2.24) is 5.32 Å². The molecule has 0 aromatic heterocycles. The zero-order valence-corrected chi connectivity index (χ0v) is 20.3. The van der Waals surface area contributed by atoms with E-state index in [4.69, 9.17) is 9.47 Å². The lowest BCUT2D eigenvalue weighted by Gasteiger charge is -2.29. The number of amides is 3. The van der Waals surface area contributed by atoms with Gasteiger partial charge in [0.25, 0.3) is 0 Å². The summed E-state index contributed by atoms with van der Waals surface area (Å²) in [7, 11) is -1.77. The summed E-state index contributed by atoms with van der Waals surface area (Å²) < 4.78 is 23.2.